The van der Waals surface area contributed by atoms with E-state index in [-0.39, 0.29) is 11.3 Å². The van der Waals surface area contributed by atoms with Crippen molar-refractivity contribution in [2.45, 2.75) is 19.4 Å². The fraction of sp³-hybridized carbons (Fsp3) is 0.300. The second-order valence-corrected chi connectivity index (χ2v) is 3.53. The number of carboxylic acids is 1. The zero-order valence-corrected chi connectivity index (χ0v) is 8.11. The van der Waals surface area contributed by atoms with Gasteiger partial charge in [0.25, 0.3) is 0 Å². The summed E-state index contributed by atoms with van der Waals surface area (Å²) in [6.45, 7) is 3.15. The fourth-order valence-corrected chi connectivity index (χ4v) is 1.20. The number of hydrogen-bond donors (Lipinski definition) is 3. The number of carboxylic acid groups (broad SMARTS) is 1. The average Bonchev–Trinajstić information content (AvgIpc) is 2.02. The summed E-state index contributed by atoms with van der Waals surface area (Å²) in [6, 6.07) is 4.73. The molecule has 0 saturated carbocycles. The highest BCUT2D eigenvalue weighted by Gasteiger charge is 2.32. The molecule has 0 aliphatic heterocycles. The van der Waals surface area contributed by atoms with Gasteiger partial charge in [0.15, 0.2) is 0 Å². The van der Waals surface area contributed by atoms with Crippen molar-refractivity contribution in [2.75, 3.05) is 0 Å². The molecule has 0 bridgehead atoms. The quantitative estimate of drug-likeness (QED) is 0.656. The number of phenols is 1. The monoisotopic (exact) mass is 195 g/mol. The van der Waals surface area contributed by atoms with Crippen LogP contribution in [0.5, 0.6) is 5.75 Å². The van der Waals surface area contributed by atoms with Gasteiger partial charge in [-0.05, 0) is 25.5 Å². The fourth-order valence-electron chi connectivity index (χ4n) is 1.20. The lowest BCUT2D eigenvalue weighted by Crippen LogP contribution is -2.41. The van der Waals surface area contributed by atoms with Crippen molar-refractivity contribution in [1.29, 1.82) is 0 Å². The van der Waals surface area contributed by atoms with Crippen molar-refractivity contribution in [3.63, 3.8) is 0 Å². The predicted octanol–water partition coefficient (Wildman–Crippen LogP) is 0.959. The molecule has 1 atom stereocenters. The molecule has 1 rings (SSSR count). The molecule has 1 aromatic rings. The van der Waals surface area contributed by atoms with Gasteiger partial charge in [-0.1, -0.05) is 12.1 Å². The zero-order chi connectivity index (χ0) is 10.9. The van der Waals surface area contributed by atoms with Gasteiger partial charge in [-0.3, -0.25) is 0 Å². The van der Waals surface area contributed by atoms with Crippen LogP contribution in [0.4, 0.5) is 0 Å². The van der Waals surface area contributed by atoms with E-state index < -0.39 is 11.5 Å². The Balaban J connectivity index is 3.26. The van der Waals surface area contributed by atoms with Crippen LogP contribution in [0.2, 0.25) is 0 Å². The summed E-state index contributed by atoms with van der Waals surface area (Å²) >= 11 is 0. The van der Waals surface area contributed by atoms with Crippen molar-refractivity contribution in [1.82, 2.24) is 0 Å². The molecule has 4 N–H and O–H groups in total. The van der Waals surface area contributed by atoms with Crippen LogP contribution in [0, 0.1) is 6.92 Å². The van der Waals surface area contributed by atoms with Gasteiger partial charge >= 0.3 is 5.97 Å². The molecule has 0 fully saturated rings. The van der Waals surface area contributed by atoms with Crippen molar-refractivity contribution < 1.29 is 15.0 Å². The molecule has 0 radical (unpaired) electrons. The first-order valence-corrected chi connectivity index (χ1v) is 4.18. The van der Waals surface area contributed by atoms with E-state index in [1.165, 1.54) is 19.1 Å². The molecule has 0 heterocycles. The lowest BCUT2D eigenvalue weighted by atomic mass is 9.92. The third-order valence-electron chi connectivity index (χ3n) is 2.16. The van der Waals surface area contributed by atoms with Gasteiger partial charge < -0.3 is 15.9 Å². The maximum atomic E-state index is 10.8. The van der Waals surface area contributed by atoms with Crippen LogP contribution >= 0.6 is 0 Å². The van der Waals surface area contributed by atoms with Crippen LogP contribution in [0.25, 0.3) is 0 Å². The Morgan fingerprint density at radius 2 is 2.07 bits per heavy atom. The molecule has 76 valence electrons. The Hall–Kier alpha value is -1.55. The maximum absolute atomic E-state index is 10.8. The summed E-state index contributed by atoms with van der Waals surface area (Å²) in [4.78, 5) is 10.8. The number of carbonyl (C=O) groups is 1. The number of aryl methyl sites for hydroxylation is 1. The van der Waals surface area contributed by atoms with E-state index in [4.69, 9.17) is 10.8 Å². The topological polar surface area (TPSA) is 83.6 Å². The van der Waals surface area contributed by atoms with Gasteiger partial charge in [-0.25, -0.2) is 4.79 Å². The van der Waals surface area contributed by atoms with E-state index in [0.29, 0.717) is 0 Å². The minimum atomic E-state index is -1.56. The lowest BCUT2D eigenvalue weighted by Gasteiger charge is -2.20. The SMILES string of the molecule is Cc1ccc(C(C)(N)C(=O)O)c(O)c1. The summed E-state index contributed by atoms with van der Waals surface area (Å²) in [5, 5.41) is 18.4. The second-order valence-electron chi connectivity index (χ2n) is 3.53. The minimum absolute atomic E-state index is 0.0857. The van der Waals surface area contributed by atoms with Gasteiger partial charge in [0.2, 0.25) is 0 Å². The van der Waals surface area contributed by atoms with Gasteiger partial charge in [-0.15, -0.1) is 0 Å². The molecule has 0 aliphatic carbocycles. The highest BCUT2D eigenvalue weighted by atomic mass is 16.4. The molecule has 4 nitrogen and oxygen atoms in total. The van der Waals surface area contributed by atoms with Gasteiger partial charge in [0.05, 0.1) is 0 Å². The van der Waals surface area contributed by atoms with E-state index in [9.17, 15) is 9.90 Å². The predicted molar refractivity (Wildman–Crippen MR) is 52.0 cm³/mol. The molecule has 1 aromatic carbocycles. The zero-order valence-electron chi connectivity index (χ0n) is 8.11. The Morgan fingerprint density at radius 3 is 2.50 bits per heavy atom. The lowest BCUT2D eigenvalue weighted by molar-refractivity contribution is -0.143. The van der Waals surface area contributed by atoms with Gasteiger partial charge in [0.1, 0.15) is 11.3 Å². The molecule has 1 unspecified atom stereocenters. The van der Waals surface area contributed by atoms with Crippen molar-refractivity contribution in [3.8, 4) is 5.75 Å². The number of benzene rings is 1. The highest BCUT2D eigenvalue weighted by Crippen LogP contribution is 2.28. The Morgan fingerprint density at radius 1 is 1.50 bits per heavy atom. The molecule has 0 amide bonds. The smallest absolute Gasteiger partial charge is 0.328 e. The number of aromatic hydroxyl groups is 1. The maximum Gasteiger partial charge on any atom is 0.328 e. The standard InChI is InChI=1S/C10H13NO3/c1-6-3-4-7(8(12)5-6)10(2,11)9(13)14/h3-5,12H,11H2,1-2H3,(H,13,14). The van der Waals surface area contributed by atoms with Crippen molar-refractivity contribution in [3.05, 3.63) is 29.3 Å². The van der Waals surface area contributed by atoms with Crippen LogP contribution in [0.3, 0.4) is 0 Å². The number of phenolic OH excluding ortho intramolecular Hbond substituents is 1. The molecule has 0 saturated heterocycles. The van der Waals surface area contributed by atoms with E-state index in [1.54, 1.807) is 13.0 Å². The average molecular weight is 195 g/mol. The van der Waals surface area contributed by atoms with Gasteiger partial charge in [-0.2, -0.15) is 0 Å². The van der Waals surface area contributed by atoms with E-state index in [2.05, 4.69) is 0 Å². The first kappa shape index (κ1) is 10.5. The van der Waals surface area contributed by atoms with Crippen LogP contribution < -0.4 is 5.73 Å². The number of nitrogens with two attached hydrogens (primary N) is 1. The van der Waals surface area contributed by atoms with E-state index >= 15 is 0 Å². The summed E-state index contributed by atoms with van der Waals surface area (Å²) in [5.74, 6) is -1.26. The molecular weight excluding hydrogens is 182 g/mol. The molecule has 0 aromatic heterocycles. The largest absolute Gasteiger partial charge is 0.508 e. The third kappa shape index (κ3) is 1.70. The summed E-state index contributed by atoms with van der Waals surface area (Å²) < 4.78 is 0. The Labute approximate surface area is 82.0 Å². The summed E-state index contributed by atoms with van der Waals surface area (Å²) in [7, 11) is 0. The first-order valence-electron chi connectivity index (χ1n) is 4.18. The van der Waals surface area contributed by atoms with E-state index in [0.717, 1.165) is 5.56 Å². The number of rotatable bonds is 2. The normalized spacial score (nSPS) is 14.8. The molecule has 4 heteroatoms. The van der Waals surface area contributed by atoms with Crippen LogP contribution in [-0.4, -0.2) is 16.2 Å². The minimum Gasteiger partial charge on any atom is -0.508 e. The number of aliphatic carboxylic acids is 1. The van der Waals surface area contributed by atoms with Gasteiger partial charge in [0, 0.05) is 5.56 Å². The Kier molecular flexibility index (Phi) is 2.49. The van der Waals surface area contributed by atoms with Crippen molar-refractivity contribution >= 4 is 5.97 Å². The van der Waals surface area contributed by atoms with E-state index in [1.807, 2.05) is 0 Å². The molecule has 0 aliphatic rings. The van der Waals surface area contributed by atoms with Crippen LogP contribution in [-0.2, 0) is 10.3 Å². The second kappa shape index (κ2) is 3.31. The van der Waals surface area contributed by atoms with Crippen LogP contribution in [0.1, 0.15) is 18.1 Å². The number of hydrogen-bond acceptors (Lipinski definition) is 3. The van der Waals surface area contributed by atoms with Crippen molar-refractivity contribution in [2.24, 2.45) is 5.73 Å². The summed E-state index contributed by atoms with van der Waals surface area (Å²) in [6.07, 6.45) is 0. The molecule has 0 spiro atoms. The molecule has 14 heavy (non-hydrogen) atoms. The first-order chi connectivity index (χ1) is 6.35. The Bertz CT molecular complexity index is 372. The highest BCUT2D eigenvalue weighted by molar-refractivity contribution is 5.81. The summed E-state index contributed by atoms with van der Waals surface area (Å²) in [5.41, 5.74) is 5.09. The van der Waals surface area contributed by atoms with Crippen LogP contribution in [0.15, 0.2) is 18.2 Å². The third-order valence-corrected chi connectivity index (χ3v) is 2.16. The molecular formula is C10H13NO3.